The number of urea groups is 1. The fourth-order valence-corrected chi connectivity index (χ4v) is 4.82. The number of nitrogens with one attached hydrogen (secondary N) is 1. The number of benzene rings is 2. The summed E-state index contributed by atoms with van der Waals surface area (Å²) in [5.74, 6) is 0.543. The van der Waals surface area contributed by atoms with E-state index in [1.807, 2.05) is 52.9 Å². The largest absolute Gasteiger partial charge is 0.494 e. The normalized spacial score (nSPS) is 15.5. The van der Waals surface area contributed by atoms with Crippen LogP contribution in [-0.2, 0) is 26.1 Å². The highest BCUT2D eigenvalue weighted by Gasteiger charge is 2.35. The predicted octanol–water partition coefficient (Wildman–Crippen LogP) is 4.27. The van der Waals surface area contributed by atoms with E-state index in [-0.39, 0.29) is 17.9 Å². The highest BCUT2D eigenvalue weighted by molar-refractivity contribution is 5.74. The van der Waals surface area contributed by atoms with E-state index in [0.717, 1.165) is 67.3 Å². The summed E-state index contributed by atoms with van der Waals surface area (Å²) in [7, 11) is 1.67. The summed E-state index contributed by atoms with van der Waals surface area (Å²) in [4.78, 5) is 17.1. The molecule has 1 aliphatic carbocycles. The van der Waals surface area contributed by atoms with Gasteiger partial charge in [0.2, 0.25) is 0 Å². The first kappa shape index (κ1) is 23.4. The van der Waals surface area contributed by atoms with Crippen molar-refractivity contribution in [1.82, 2.24) is 24.9 Å². The molecule has 5 rings (SSSR count). The van der Waals surface area contributed by atoms with E-state index >= 15 is 0 Å². The number of halogens is 1. The van der Waals surface area contributed by atoms with Gasteiger partial charge < -0.3 is 15.0 Å². The van der Waals surface area contributed by atoms with Gasteiger partial charge in [-0.25, -0.2) is 13.9 Å². The molecular formula is C27H32FN5O2. The number of aromatic nitrogens is 2. The molecule has 1 saturated carbocycles. The first-order valence-electron chi connectivity index (χ1n) is 12.3. The number of rotatable bonds is 8. The smallest absolute Gasteiger partial charge is 0.317 e. The average molecular weight is 478 g/mol. The maximum Gasteiger partial charge on any atom is 0.317 e. The molecule has 0 bridgehead atoms. The van der Waals surface area contributed by atoms with E-state index in [4.69, 9.17) is 9.84 Å². The van der Waals surface area contributed by atoms with Crippen molar-refractivity contribution in [2.24, 2.45) is 0 Å². The van der Waals surface area contributed by atoms with Crippen molar-refractivity contribution in [2.45, 2.75) is 51.9 Å². The van der Waals surface area contributed by atoms with Crippen LogP contribution in [0.2, 0.25) is 0 Å². The van der Waals surface area contributed by atoms with Gasteiger partial charge in [0.15, 0.2) is 0 Å². The molecule has 0 radical (unpaired) electrons. The summed E-state index contributed by atoms with van der Waals surface area (Å²) in [5, 5.41) is 8.02. The molecule has 1 fully saturated rings. The number of carbonyl (C=O) groups is 1. The second-order valence-corrected chi connectivity index (χ2v) is 9.24. The number of ether oxygens (including phenoxy) is 1. The van der Waals surface area contributed by atoms with E-state index in [9.17, 15) is 9.18 Å². The molecule has 2 aliphatic rings. The lowest BCUT2D eigenvalue weighted by Gasteiger charge is -2.29. The molecule has 8 heteroatoms. The number of para-hydroxylation sites is 2. The number of methoxy groups -OCH3 is 1. The molecule has 2 aromatic carbocycles. The maximum atomic E-state index is 13.4. The zero-order chi connectivity index (χ0) is 24.4. The Morgan fingerprint density at radius 2 is 1.97 bits per heavy atom. The molecule has 1 N–H and O–H groups in total. The summed E-state index contributed by atoms with van der Waals surface area (Å²) in [6.45, 7) is 5.35. The van der Waals surface area contributed by atoms with Gasteiger partial charge in [0.25, 0.3) is 0 Å². The van der Waals surface area contributed by atoms with Crippen LogP contribution in [0, 0.1) is 5.82 Å². The van der Waals surface area contributed by atoms with Gasteiger partial charge in [-0.15, -0.1) is 0 Å². The number of hydrogen-bond acceptors (Lipinski definition) is 4. The molecule has 1 aliphatic heterocycles. The van der Waals surface area contributed by atoms with Crippen LogP contribution < -0.4 is 10.1 Å². The predicted molar refractivity (Wildman–Crippen MR) is 132 cm³/mol. The number of amides is 2. The third-order valence-corrected chi connectivity index (χ3v) is 6.75. The summed E-state index contributed by atoms with van der Waals surface area (Å²) in [5.41, 5.74) is 5.23. The Morgan fingerprint density at radius 1 is 1.20 bits per heavy atom. The molecule has 1 aromatic heterocycles. The SMILES string of the molecule is CCNC(=O)N(Cc1nn(-c2ccccc2OC)c2c1CN(Cc1ccc(F)cc1)CC2)C1CC1. The van der Waals surface area contributed by atoms with E-state index < -0.39 is 0 Å². The van der Waals surface area contributed by atoms with Crippen LogP contribution >= 0.6 is 0 Å². The Labute approximate surface area is 205 Å². The molecule has 0 spiro atoms. The zero-order valence-corrected chi connectivity index (χ0v) is 20.3. The number of hydrogen-bond donors (Lipinski definition) is 1. The fourth-order valence-electron chi connectivity index (χ4n) is 4.82. The minimum Gasteiger partial charge on any atom is -0.494 e. The summed E-state index contributed by atoms with van der Waals surface area (Å²) in [6, 6.07) is 14.8. The summed E-state index contributed by atoms with van der Waals surface area (Å²) >= 11 is 0. The lowest BCUT2D eigenvalue weighted by atomic mass is 10.0. The first-order chi connectivity index (χ1) is 17.1. The fraction of sp³-hybridized carbons (Fsp3) is 0.407. The van der Waals surface area contributed by atoms with Gasteiger partial charge in [0, 0.05) is 44.2 Å². The number of fused-ring (bicyclic) bond motifs is 1. The Bertz CT molecular complexity index is 1190. The Morgan fingerprint density at radius 3 is 2.69 bits per heavy atom. The van der Waals surface area contributed by atoms with E-state index in [1.54, 1.807) is 7.11 Å². The van der Waals surface area contributed by atoms with Crippen LogP contribution in [0.1, 0.15) is 42.3 Å². The van der Waals surface area contributed by atoms with Crippen molar-refractivity contribution in [2.75, 3.05) is 20.2 Å². The van der Waals surface area contributed by atoms with Crippen molar-refractivity contribution in [3.8, 4) is 11.4 Å². The lowest BCUT2D eigenvalue weighted by molar-refractivity contribution is 0.191. The van der Waals surface area contributed by atoms with E-state index in [0.29, 0.717) is 13.1 Å². The van der Waals surface area contributed by atoms with Crippen molar-refractivity contribution < 1.29 is 13.9 Å². The summed E-state index contributed by atoms with van der Waals surface area (Å²) < 4.78 is 21.0. The first-order valence-corrected chi connectivity index (χ1v) is 12.3. The quantitative estimate of drug-likeness (QED) is 0.526. The second-order valence-electron chi connectivity index (χ2n) is 9.24. The standard InChI is InChI=1S/C27H32FN5O2/c1-3-29-27(34)32(21-12-13-21)18-23-22-17-31(16-19-8-10-20(28)11-9-19)15-14-24(22)33(30-23)25-6-4-5-7-26(25)35-2/h4-11,21H,3,12-18H2,1-2H3,(H,29,34). The minimum absolute atomic E-state index is 0.0328. The topological polar surface area (TPSA) is 62.6 Å². The van der Waals surface area contributed by atoms with E-state index in [2.05, 4.69) is 10.2 Å². The van der Waals surface area contributed by atoms with Crippen LogP contribution in [0.5, 0.6) is 5.75 Å². The van der Waals surface area contributed by atoms with E-state index in [1.165, 1.54) is 17.7 Å². The molecule has 0 atom stereocenters. The highest BCUT2D eigenvalue weighted by atomic mass is 19.1. The molecule has 2 heterocycles. The third-order valence-electron chi connectivity index (χ3n) is 6.75. The molecule has 0 saturated heterocycles. The van der Waals surface area contributed by atoms with Gasteiger partial charge in [-0.3, -0.25) is 4.90 Å². The second kappa shape index (κ2) is 10.1. The van der Waals surface area contributed by atoms with Crippen LogP contribution in [-0.4, -0.2) is 51.9 Å². The Kier molecular flexibility index (Phi) is 6.72. The molecule has 7 nitrogen and oxygen atoms in total. The lowest BCUT2D eigenvalue weighted by Crippen LogP contribution is -2.41. The average Bonchev–Trinajstić information content (AvgIpc) is 3.65. The van der Waals surface area contributed by atoms with Crippen LogP contribution in [0.3, 0.4) is 0 Å². The minimum atomic E-state index is -0.222. The van der Waals surface area contributed by atoms with Crippen molar-refractivity contribution in [3.05, 3.63) is 76.9 Å². The third kappa shape index (κ3) is 5.03. The van der Waals surface area contributed by atoms with Gasteiger partial charge in [-0.1, -0.05) is 24.3 Å². The van der Waals surface area contributed by atoms with Crippen LogP contribution in [0.15, 0.2) is 48.5 Å². The molecule has 2 amide bonds. The van der Waals surface area contributed by atoms with Crippen molar-refractivity contribution in [1.29, 1.82) is 0 Å². The highest BCUT2D eigenvalue weighted by Crippen LogP contribution is 2.33. The van der Waals surface area contributed by atoms with Crippen molar-refractivity contribution >= 4 is 6.03 Å². The van der Waals surface area contributed by atoms with Gasteiger partial charge in [-0.2, -0.15) is 5.10 Å². The molecule has 184 valence electrons. The zero-order valence-electron chi connectivity index (χ0n) is 20.3. The monoisotopic (exact) mass is 477 g/mol. The number of nitrogens with zero attached hydrogens (tertiary/aromatic N) is 4. The molecular weight excluding hydrogens is 445 g/mol. The van der Waals surface area contributed by atoms with Crippen LogP contribution in [0.25, 0.3) is 5.69 Å². The maximum absolute atomic E-state index is 13.4. The molecule has 0 unspecified atom stereocenters. The Hall–Kier alpha value is -3.39. The van der Waals surface area contributed by atoms with Crippen molar-refractivity contribution in [3.63, 3.8) is 0 Å². The van der Waals surface area contributed by atoms with Crippen LogP contribution in [0.4, 0.5) is 9.18 Å². The van der Waals surface area contributed by atoms with Gasteiger partial charge in [0.05, 0.1) is 25.0 Å². The Balaban J connectivity index is 1.49. The van der Waals surface area contributed by atoms with Gasteiger partial charge in [-0.05, 0) is 49.6 Å². The molecule has 3 aromatic rings. The number of carbonyl (C=O) groups excluding carboxylic acids is 1. The molecule has 35 heavy (non-hydrogen) atoms. The van der Waals surface area contributed by atoms with Gasteiger partial charge >= 0.3 is 6.03 Å². The summed E-state index contributed by atoms with van der Waals surface area (Å²) in [6.07, 6.45) is 2.89. The van der Waals surface area contributed by atoms with Gasteiger partial charge in [0.1, 0.15) is 17.3 Å².